The molecule has 0 unspecified atom stereocenters. The molecule has 0 atom stereocenters. The van der Waals surface area contributed by atoms with E-state index >= 15 is 0 Å². The molecule has 2 heterocycles. The van der Waals surface area contributed by atoms with Crippen LogP contribution in [0.25, 0.3) is 22.4 Å². The second kappa shape index (κ2) is 5.30. The minimum atomic E-state index is 0.506. The molecule has 0 aliphatic rings. The highest BCUT2D eigenvalue weighted by molar-refractivity contribution is 5.78. The molecular formula is C15H15N3O2. The average Bonchev–Trinajstić information content (AvgIpc) is 2.89. The molecule has 20 heavy (non-hydrogen) atoms. The smallest absolute Gasteiger partial charge is 0.198 e. The van der Waals surface area contributed by atoms with Crippen LogP contribution in [-0.4, -0.2) is 23.6 Å². The van der Waals surface area contributed by atoms with Gasteiger partial charge in [-0.1, -0.05) is 18.2 Å². The number of hydrogen-bond donors (Lipinski definition) is 1. The highest BCUT2D eigenvalue weighted by atomic mass is 16.5. The lowest BCUT2D eigenvalue weighted by Gasteiger charge is -2.07. The lowest BCUT2D eigenvalue weighted by atomic mass is 10.1. The molecule has 5 heteroatoms. The van der Waals surface area contributed by atoms with Crippen LogP contribution in [-0.2, 0) is 6.42 Å². The summed E-state index contributed by atoms with van der Waals surface area (Å²) in [6.07, 6.45) is 2.38. The molecule has 0 aliphatic carbocycles. The normalized spacial score (nSPS) is 10.9. The number of oxazole rings is 1. The van der Waals surface area contributed by atoms with Gasteiger partial charge in [-0.15, -0.1) is 0 Å². The first-order valence-electron chi connectivity index (χ1n) is 6.40. The van der Waals surface area contributed by atoms with Crippen molar-refractivity contribution in [1.82, 2.24) is 9.97 Å². The molecule has 0 fully saturated rings. The van der Waals surface area contributed by atoms with Gasteiger partial charge in [0.25, 0.3) is 0 Å². The Labute approximate surface area is 116 Å². The first-order valence-corrected chi connectivity index (χ1v) is 6.40. The molecule has 3 rings (SSSR count). The van der Waals surface area contributed by atoms with Crippen molar-refractivity contribution >= 4 is 11.2 Å². The highest BCUT2D eigenvalue weighted by Gasteiger charge is 2.10. The van der Waals surface area contributed by atoms with Crippen LogP contribution in [0, 0.1) is 0 Å². The van der Waals surface area contributed by atoms with Gasteiger partial charge in [0, 0.05) is 30.3 Å². The number of rotatable bonds is 4. The van der Waals surface area contributed by atoms with E-state index in [1.54, 1.807) is 13.3 Å². The number of aromatic nitrogens is 2. The molecule has 0 amide bonds. The topological polar surface area (TPSA) is 74.2 Å². The maximum Gasteiger partial charge on any atom is 0.198 e. The summed E-state index contributed by atoms with van der Waals surface area (Å²) in [4.78, 5) is 8.63. The Hall–Kier alpha value is -2.40. The van der Waals surface area contributed by atoms with Gasteiger partial charge in [0.05, 0.1) is 7.11 Å². The Morgan fingerprint density at radius 2 is 2.15 bits per heavy atom. The Morgan fingerprint density at radius 3 is 2.95 bits per heavy atom. The van der Waals surface area contributed by atoms with Crippen LogP contribution in [0.2, 0.25) is 0 Å². The molecule has 3 aromatic rings. The molecular weight excluding hydrogens is 254 g/mol. The Morgan fingerprint density at radius 1 is 1.30 bits per heavy atom. The van der Waals surface area contributed by atoms with Crippen LogP contribution in [0.4, 0.5) is 0 Å². The fourth-order valence-corrected chi connectivity index (χ4v) is 2.13. The summed E-state index contributed by atoms with van der Waals surface area (Å²) < 4.78 is 11.0. The highest BCUT2D eigenvalue weighted by Crippen LogP contribution is 2.30. The predicted molar refractivity (Wildman–Crippen MR) is 76.6 cm³/mol. The lowest BCUT2D eigenvalue weighted by Crippen LogP contribution is -2.02. The van der Waals surface area contributed by atoms with Gasteiger partial charge >= 0.3 is 0 Å². The maximum absolute atomic E-state index is 5.65. The Balaban J connectivity index is 2.08. The second-order valence-electron chi connectivity index (χ2n) is 4.39. The molecule has 0 bridgehead atoms. The summed E-state index contributed by atoms with van der Waals surface area (Å²) in [5.74, 6) is 1.42. The fourth-order valence-electron chi connectivity index (χ4n) is 2.13. The minimum absolute atomic E-state index is 0.506. The summed E-state index contributed by atoms with van der Waals surface area (Å²) in [6.45, 7) is 0.506. The van der Waals surface area contributed by atoms with E-state index in [0.29, 0.717) is 30.1 Å². The van der Waals surface area contributed by atoms with Crippen molar-refractivity contribution in [3.63, 3.8) is 0 Å². The fraction of sp³-hybridized carbons (Fsp3) is 0.200. The number of nitrogens with two attached hydrogens (primary N) is 1. The van der Waals surface area contributed by atoms with Gasteiger partial charge in [0.2, 0.25) is 0 Å². The van der Waals surface area contributed by atoms with Crippen molar-refractivity contribution < 1.29 is 9.15 Å². The van der Waals surface area contributed by atoms with Crippen LogP contribution in [0.5, 0.6) is 5.75 Å². The first-order chi connectivity index (χ1) is 9.81. The maximum atomic E-state index is 5.65. The van der Waals surface area contributed by atoms with Crippen molar-refractivity contribution in [2.45, 2.75) is 6.42 Å². The molecule has 0 aliphatic heterocycles. The van der Waals surface area contributed by atoms with Crippen molar-refractivity contribution in [3.05, 3.63) is 42.4 Å². The van der Waals surface area contributed by atoms with Gasteiger partial charge in [0.1, 0.15) is 5.75 Å². The van der Waals surface area contributed by atoms with Gasteiger partial charge in [-0.05, 0) is 12.1 Å². The summed E-state index contributed by atoms with van der Waals surface area (Å²) in [7, 11) is 1.65. The number of benzene rings is 1. The SMILES string of the molecule is COc1ccccc1-c1cnc2nc(CCN)oc2c1. The molecule has 5 nitrogen and oxygen atoms in total. The van der Waals surface area contributed by atoms with Gasteiger partial charge in [0.15, 0.2) is 17.1 Å². The van der Waals surface area contributed by atoms with Gasteiger partial charge in [-0.3, -0.25) is 0 Å². The number of ether oxygens (including phenoxy) is 1. The molecule has 0 spiro atoms. The quantitative estimate of drug-likeness (QED) is 0.787. The third-order valence-corrected chi connectivity index (χ3v) is 3.07. The standard InChI is InChI=1S/C15H15N3O2/c1-19-12-5-3-2-4-11(12)10-8-13-15(17-9-10)18-14(20-13)6-7-16/h2-5,8-9H,6-7,16H2,1H3. The second-order valence-corrected chi connectivity index (χ2v) is 4.39. The summed E-state index contributed by atoms with van der Waals surface area (Å²) in [6, 6.07) is 9.72. The molecule has 2 N–H and O–H groups in total. The first kappa shape index (κ1) is 12.6. The zero-order valence-corrected chi connectivity index (χ0v) is 11.2. The van der Waals surface area contributed by atoms with Crippen LogP contribution < -0.4 is 10.5 Å². The van der Waals surface area contributed by atoms with E-state index in [1.165, 1.54) is 0 Å². The van der Waals surface area contributed by atoms with Crippen LogP contribution in [0.3, 0.4) is 0 Å². The van der Waals surface area contributed by atoms with Crippen LogP contribution >= 0.6 is 0 Å². The van der Waals surface area contributed by atoms with E-state index in [-0.39, 0.29) is 0 Å². The molecule has 0 radical (unpaired) electrons. The number of pyridine rings is 1. The van der Waals surface area contributed by atoms with Crippen LogP contribution in [0.1, 0.15) is 5.89 Å². The van der Waals surface area contributed by atoms with E-state index in [1.807, 2.05) is 30.3 Å². The van der Waals surface area contributed by atoms with Gasteiger partial charge < -0.3 is 14.9 Å². The molecule has 2 aromatic heterocycles. The lowest BCUT2D eigenvalue weighted by molar-refractivity contribution is 0.416. The molecule has 0 saturated carbocycles. The van der Waals surface area contributed by atoms with Gasteiger partial charge in [-0.2, -0.15) is 4.98 Å². The van der Waals surface area contributed by atoms with Crippen molar-refractivity contribution in [3.8, 4) is 16.9 Å². The minimum Gasteiger partial charge on any atom is -0.496 e. The number of fused-ring (bicyclic) bond motifs is 1. The average molecular weight is 269 g/mol. The monoisotopic (exact) mass is 269 g/mol. The van der Waals surface area contributed by atoms with E-state index in [9.17, 15) is 0 Å². The molecule has 102 valence electrons. The largest absolute Gasteiger partial charge is 0.496 e. The summed E-state index contributed by atoms with van der Waals surface area (Å²) in [5.41, 5.74) is 8.68. The third kappa shape index (κ3) is 2.23. The third-order valence-electron chi connectivity index (χ3n) is 3.07. The van der Waals surface area contributed by atoms with E-state index in [4.69, 9.17) is 14.9 Å². The number of hydrogen-bond acceptors (Lipinski definition) is 5. The van der Waals surface area contributed by atoms with Crippen molar-refractivity contribution in [2.75, 3.05) is 13.7 Å². The molecule has 1 aromatic carbocycles. The number of nitrogens with zero attached hydrogens (tertiary/aromatic N) is 2. The van der Waals surface area contributed by atoms with Crippen molar-refractivity contribution in [1.29, 1.82) is 0 Å². The van der Waals surface area contributed by atoms with E-state index in [0.717, 1.165) is 16.9 Å². The Kier molecular flexibility index (Phi) is 3.35. The predicted octanol–water partition coefficient (Wildman–Crippen LogP) is 2.40. The Bertz CT molecular complexity index is 737. The van der Waals surface area contributed by atoms with Crippen molar-refractivity contribution in [2.24, 2.45) is 5.73 Å². The molecule has 0 saturated heterocycles. The zero-order chi connectivity index (χ0) is 13.9. The van der Waals surface area contributed by atoms with Gasteiger partial charge in [-0.25, -0.2) is 4.98 Å². The van der Waals surface area contributed by atoms with E-state index in [2.05, 4.69) is 9.97 Å². The summed E-state index contributed by atoms with van der Waals surface area (Å²) >= 11 is 0. The van der Waals surface area contributed by atoms with Crippen LogP contribution in [0.15, 0.2) is 40.9 Å². The number of methoxy groups -OCH3 is 1. The zero-order valence-electron chi connectivity index (χ0n) is 11.2. The number of para-hydroxylation sites is 1. The summed E-state index contributed by atoms with van der Waals surface area (Å²) in [5, 5.41) is 0. The van der Waals surface area contributed by atoms with E-state index < -0.39 is 0 Å².